The van der Waals surface area contributed by atoms with Gasteiger partial charge in [0.1, 0.15) is 0 Å². The molecule has 0 spiro atoms. The molecule has 1 aromatic rings. The molecule has 5 nitrogen and oxygen atoms in total. The smallest absolute Gasteiger partial charge is 0.234 e. The zero-order valence-electron chi connectivity index (χ0n) is 13.5. The third-order valence-electron chi connectivity index (χ3n) is 4.08. The number of rotatable bonds is 7. The van der Waals surface area contributed by atoms with E-state index in [1.54, 1.807) is 6.08 Å². The van der Waals surface area contributed by atoms with Crippen LogP contribution in [-0.2, 0) is 16.1 Å². The van der Waals surface area contributed by atoms with Crippen LogP contribution in [-0.4, -0.2) is 42.9 Å². The summed E-state index contributed by atoms with van der Waals surface area (Å²) >= 11 is 0. The molecule has 1 fully saturated rings. The lowest BCUT2D eigenvalue weighted by atomic mass is 9.96. The largest absolute Gasteiger partial charge is 0.352 e. The lowest BCUT2D eigenvalue weighted by Crippen LogP contribution is -2.44. The van der Waals surface area contributed by atoms with Crippen molar-refractivity contribution in [3.8, 4) is 0 Å². The fourth-order valence-corrected chi connectivity index (χ4v) is 2.73. The van der Waals surface area contributed by atoms with Crippen molar-refractivity contribution >= 4 is 11.8 Å². The lowest BCUT2D eigenvalue weighted by Gasteiger charge is -2.30. The van der Waals surface area contributed by atoms with Gasteiger partial charge in [0.2, 0.25) is 11.8 Å². The summed E-state index contributed by atoms with van der Waals surface area (Å²) in [5.41, 5.74) is 1.11. The van der Waals surface area contributed by atoms with Gasteiger partial charge in [0.05, 0.1) is 6.54 Å². The van der Waals surface area contributed by atoms with Crippen molar-refractivity contribution in [3.05, 3.63) is 48.6 Å². The minimum Gasteiger partial charge on any atom is -0.352 e. The summed E-state index contributed by atoms with van der Waals surface area (Å²) in [6.45, 7) is 6.61. The van der Waals surface area contributed by atoms with Gasteiger partial charge in [-0.2, -0.15) is 0 Å². The minimum atomic E-state index is 0.0110. The van der Waals surface area contributed by atoms with Crippen LogP contribution in [0.25, 0.3) is 0 Å². The van der Waals surface area contributed by atoms with E-state index in [2.05, 4.69) is 22.1 Å². The van der Waals surface area contributed by atoms with E-state index in [1.807, 2.05) is 30.3 Å². The van der Waals surface area contributed by atoms with Crippen molar-refractivity contribution in [1.82, 2.24) is 15.5 Å². The third-order valence-corrected chi connectivity index (χ3v) is 4.08. The molecule has 0 saturated carbocycles. The zero-order chi connectivity index (χ0) is 16.5. The Morgan fingerprint density at radius 1 is 1.17 bits per heavy atom. The Hall–Kier alpha value is -2.14. The van der Waals surface area contributed by atoms with Crippen LogP contribution in [0.3, 0.4) is 0 Å². The first-order valence-corrected chi connectivity index (χ1v) is 8.10. The summed E-state index contributed by atoms with van der Waals surface area (Å²) in [6.07, 6.45) is 3.27. The quantitative estimate of drug-likeness (QED) is 0.746. The standard InChI is InChI=1S/C18H25N3O2/c1-2-10-19-17(22)14-21-11-8-16(9-12-21)18(23)20-13-15-6-4-3-5-7-15/h2-7,16H,1,8-14H2,(H,19,22)(H,20,23). The molecule has 2 rings (SSSR count). The SMILES string of the molecule is C=CCNC(=O)CN1CCC(C(=O)NCc2ccccc2)CC1. The molecule has 0 radical (unpaired) electrons. The van der Waals surface area contributed by atoms with Crippen molar-refractivity contribution in [3.63, 3.8) is 0 Å². The fraction of sp³-hybridized carbons (Fsp3) is 0.444. The number of benzene rings is 1. The van der Waals surface area contributed by atoms with Crippen LogP contribution in [0.2, 0.25) is 0 Å². The summed E-state index contributed by atoms with van der Waals surface area (Å²) in [7, 11) is 0. The third kappa shape index (κ3) is 5.87. The van der Waals surface area contributed by atoms with E-state index in [0.717, 1.165) is 31.5 Å². The van der Waals surface area contributed by atoms with Gasteiger partial charge in [-0.15, -0.1) is 6.58 Å². The van der Waals surface area contributed by atoms with E-state index in [0.29, 0.717) is 19.6 Å². The van der Waals surface area contributed by atoms with Gasteiger partial charge in [-0.05, 0) is 31.5 Å². The average Bonchev–Trinajstić information content (AvgIpc) is 2.59. The number of carbonyl (C=O) groups excluding carboxylic acids is 2. The molecule has 1 aliphatic heterocycles. The van der Waals surface area contributed by atoms with Gasteiger partial charge >= 0.3 is 0 Å². The average molecular weight is 315 g/mol. The second-order valence-corrected chi connectivity index (χ2v) is 5.85. The van der Waals surface area contributed by atoms with E-state index < -0.39 is 0 Å². The molecule has 0 atom stereocenters. The molecule has 0 bridgehead atoms. The summed E-state index contributed by atoms with van der Waals surface area (Å²) in [5.74, 6) is 0.174. The molecule has 2 amide bonds. The van der Waals surface area contributed by atoms with Crippen molar-refractivity contribution in [1.29, 1.82) is 0 Å². The normalized spacial score (nSPS) is 15.8. The number of likely N-dealkylation sites (tertiary alicyclic amines) is 1. The number of piperidine rings is 1. The van der Waals surface area contributed by atoms with Gasteiger partial charge in [-0.25, -0.2) is 0 Å². The number of hydrogen-bond acceptors (Lipinski definition) is 3. The first kappa shape index (κ1) is 17.2. The molecule has 23 heavy (non-hydrogen) atoms. The van der Waals surface area contributed by atoms with Crippen LogP contribution >= 0.6 is 0 Å². The van der Waals surface area contributed by atoms with Crippen LogP contribution in [0.5, 0.6) is 0 Å². The minimum absolute atomic E-state index is 0.0110. The Labute approximate surface area is 137 Å². The van der Waals surface area contributed by atoms with Crippen molar-refractivity contribution < 1.29 is 9.59 Å². The fourth-order valence-electron chi connectivity index (χ4n) is 2.73. The van der Waals surface area contributed by atoms with Gasteiger partial charge in [-0.1, -0.05) is 36.4 Å². The van der Waals surface area contributed by atoms with Crippen LogP contribution in [0, 0.1) is 5.92 Å². The molecule has 2 N–H and O–H groups in total. The van der Waals surface area contributed by atoms with Gasteiger partial charge in [0, 0.05) is 19.0 Å². The molecule has 0 aliphatic carbocycles. The van der Waals surface area contributed by atoms with E-state index in [1.165, 1.54) is 0 Å². The molecule has 1 heterocycles. The Kier molecular flexibility index (Phi) is 6.81. The van der Waals surface area contributed by atoms with Crippen LogP contribution < -0.4 is 10.6 Å². The Morgan fingerprint density at radius 3 is 2.52 bits per heavy atom. The molecule has 1 saturated heterocycles. The maximum absolute atomic E-state index is 12.2. The van der Waals surface area contributed by atoms with Gasteiger partial charge in [-0.3, -0.25) is 14.5 Å². The topological polar surface area (TPSA) is 61.4 Å². The monoisotopic (exact) mass is 315 g/mol. The first-order chi connectivity index (χ1) is 11.2. The predicted molar refractivity (Wildman–Crippen MR) is 90.7 cm³/mol. The maximum atomic E-state index is 12.2. The van der Waals surface area contributed by atoms with Crippen molar-refractivity contribution in [2.24, 2.45) is 5.92 Å². The highest BCUT2D eigenvalue weighted by atomic mass is 16.2. The van der Waals surface area contributed by atoms with Gasteiger partial charge < -0.3 is 10.6 Å². The maximum Gasteiger partial charge on any atom is 0.234 e. The predicted octanol–water partition coefficient (Wildman–Crippen LogP) is 1.32. The Bertz CT molecular complexity index is 522. The molecule has 124 valence electrons. The van der Waals surface area contributed by atoms with E-state index in [-0.39, 0.29) is 17.7 Å². The van der Waals surface area contributed by atoms with E-state index in [9.17, 15) is 9.59 Å². The summed E-state index contributed by atoms with van der Waals surface area (Å²) < 4.78 is 0. The number of nitrogens with zero attached hydrogens (tertiary/aromatic N) is 1. The molecule has 0 aromatic heterocycles. The van der Waals surface area contributed by atoms with Crippen molar-refractivity contribution in [2.45, 2.75) is 19.4 Å². The first-order valence-electron chi connectivity index (χ1n) is 8.10. The van der Waals surface area contributed by atoms with Gasteiger partial charge in [0.25, 0.3) is 0 Å². The Balaban J connectivity index is 1.68. The molecular formula is C18H25N3O2. The molecule has 1 aromatic carbocycles. The molecular weight excluding hydrogens is 290 g/mol. The molecule has 5 heteroatoms. The zero-order valence-corrected chi connectivity index (χ0v) is 13.5. The van der Waals surface area contributed by atoms with Crippen LogP contribution in [0.1, 0.15) is 18.4 Å². The number of nitrogens with one attached hydrogen (secondary N) is 2. The second kappa shape index (κ2) is 9.10. The Morgan fingerprint density at radius 2 is 1.87 bits per heavy atom. The molecule has 0 unspecified atom stereocenters. The summed E-state index contributed by atoms with van der Waals surface area (Å²) in [6, 6.07) is 9.91. The highest BCUT2D eigenvalue weighted by Crippen LogP contribution is 2.17. The number of hydrogen-bond donors (Lipinski definition) is 2. The van der Waals surface area contributed by atoms with Crippen LogP contribution in [0.4, 0.5) is 0 Å². The number of amides is 2. The lowest BCUT2D eigenvalue weighted by molar-refractivity contribution is -0.127. The van der Waals surface area contributed by atoms with Crippen LogP contribution in [0.15, 0.2) is 43.0 Å². The van der Waals surface area contributed by atoms with E-state index >= 15 is 0 Å². The van der Waals surface area contributed by atoms with E-state index in [4.69, 9.17) is 0 Å². The summed E-state index contributed by atoms with van der Waals surface area (Å²) in [4.78, 5) is 26.0. The van der Waals surface area contributed by atoms with Gasteiger partial charge in [0.15, 0.2) is 0 Å². The second-order valence-electron chi connectivity index (χ2n) is 5.85. The highest BCUT2D eigenvalue weighted by Gasteiger charge is 2.25. The van der Waals surface area contributed by atoms with Crippen molar-refractivity contribution in [2.75, 3.05) is 26.2 Å². The highest BCUT2D eigenvalue weighted by molar-refractivity contribution is 5.79. The summed E-state index contributed by atoms with van der Waals surface area (Å²) in [5, 5.41) is 5.78. The molecule has 1 aliphatic rings. The number of carbonyl (C=O) groups is 2.